The second kappa shape index (κ2) is 6.30. The number of rotatable bonds is 5. The number of hydrogen-bond acceptors (Lipinski definition) is 4. The number of carbonyl (C=O) groups excluding carboxylic acids is 1. The molecule has 0 bridgehead atoms. The molecule has 0 atom stereocenters. The van der Waals surface area contributed by atoms with E-state index in [4.69, 9.17) is 11.6 Å². The van der Waals surface area contributed by atoms with Gasteiger partial charge >= 0.3 is 5.69 Å². The van der Waals surface area contributed by atoms with Crippen LogP contribution < -0.4 is 5.32 Å². The van der Waals surface area contributed by atoms with Gasteiger partial charge in [0.1, 0.15) is 5.56 Å². The molecule has 1 N–H and O–H groups in total. The first-order valence-corrected chi connectivity index (χ1v) is 5.88. The van der Waals surface area contributed by atoms with Gasteiger partial charge < -0.3 is 5.32 Å². The lowest BCUT2D eigenvalue weighted by Gasteiger charge is -2.07. The Kier molecular flexibility index (Phi) is 5.03. The predicted molar refractivity (Wildman–Crippen MR) is 67.7 cm³/mol. The minimum Gasteiger partial charge on any atom is -0.352 e. The summed E-state index contributed by atoms with van der Waals surface area (Å²) in [5.74, 6) is -0.0621. The zero-order valence-corrected chi connectivity index (χ0v) is 10.9. The molecular weight excluding hydrogens is 258 g/mol. The number of nitrogens with zero attached hydrogens (tertiary/aromatic N) is 2. The first-order chi connectivity index (χ1) is 8.43. The van der Waals surface area contributed by atoms with Gasteiger partial charge in [-0.1, -0.05) is 25.4 Å². The molecule has 18 heavy (non-hydrogen) atoms. The number of aromatic nitrogens is 1. The molecule has 1 rings (SSSR count). The van der Waals surface area contributed by atoms with Crippen LogP contribution in [-0.2, 0) is 0 Å². The van der Waals surface area contributed by atoms with E-state index in [0.29, 0.717) is 12.5 Å². The molecule has 0 spiro atoms. The smallest absolute Gasteiger partial charge is 0.319 e. The van der Waals surface area contributed by atoms with Gasteiger partial charge in [0, 0.05) is 12.7 Å². The Labute approximate surface area is 110 Å². The summed E-state index contributed by atoms with van der Waals surface area (Å²) in [5.41, 5.74) is -0.523. The third kappa shape index (κ3) is 3.66. The van der Waals surface area contributed by atoms with Crippen LogP contribution in [0.2, 0.25) is 5.15 Å². The van der Waals surface area contributed by atoms with Crippen molar-refractivity contribution < 1.29 is 9.72 Å². The van der Waals surface area contributed by atoms with Gasteiger partial charge in [0.05, 0.1) is 4.92 Å². The Morgan fingerprint density at radius 2 is 2.28 bits per heavy atom. The molecule has 0 radical (unpaired) electrons. The van der Waals surface area contributed by atoms with Gasteiger partial charge in [-0.05, 0) is 18.4 Å². The molecule has 7 heteroatoms. The monoisotopic (exact) mass is 271 g/mol. The van der Waals surface area contributed by atoms with E-state index in [0.717, 1.165) is 6.42 Å². The second-order valence-corrected chi connectivity index (χ2v) is 4.55. The maximum atomic E-state index is 11.8. The van der Waals surface area contributed by atoms with Crippen LogP contribution in [0.3, 0.4) is 0 Å². The van der Waals surface area contributed by atoms with Gasteiger partial charge in [-0.3, -0.25) is 14.9 Å². The van der Waals surface area contributed by atoms with Crippen molar-refractivity contribution in [3.05, 3.63) is 33.1 Å². The van der Waals surface area contributed by atoms with E-state index in [-0.39, 0.29) is 10.7 Å². The minimum absolute atomic E-state index is 0.0660. The van der Waals surface area contributed by atoms with Gasteiger partial charge in [0.25, 0.3) is 5.91 Å². The largest absolute Gasteiger partial charge is 0.352 e. The summed E-state index contributed by atoms with van der Waals surface area (Å²) < 4.78 is 0. The molecule has 0 saturated heterocycles. The molecule has 0 aromatic carbocycles. The summed E-state index contributed by atoms with van der Waals surface area (Å²) in [4.78, 5) is 25.5. The quantitative estimate of drug-likeness (QED) is 0.506. The molecule has 0 aliphatic carbocycles. The van der Waals surface area contributed by atoms with E-state index >= 15 is 0 Å². The highest BCUT2D eigenvalue weighted by atomic mass is 35.5. The van der Waals surface area contributed by atoms with Crippen molar-refractivity contribution in [2.24, 2.45) is 5.92 Å². The van der Waals surface area contributed by atoms with Gasteiger partial charge in [-0.25, -0.2) is 4.98 Å². The average Bonchev–Trinajstić information content (AvgIpc) is 2.27. The van der Waals surface area contributed by atoms with E-state index in [1.165, 1.54) is 12.3 Å². The molecule has 98 valence electrons. The number of halogens is 1. The van der Waals surface area contributed by atoms with Crippen LogP contribution >= 0.6 is 11.6 Å². The van der Waals surface area contributed by atoms with E-state index in [9.17, 15) is 14.9 Å². The van der Waals surface area contributed by atoms with Crippen LogP contribution in [0.5, 0.6) is 0 Å². The van der Waals surface area contributed by atoms with Crippen LogP contribution in [-0.4, -0.2) is 22.4 Å². The molecule has 1 heterocycles. The molecule has 0 unspecified atom stereocenters. The normalized spacial score (nSPS) is 10.4. The third-order valence-corrected chi connectivity index (χ3v) is 2.59. The van der Waals surface area contributed by atoms with Gasteiger partial charge in [-0.15, -0.1) is 0 Å². The third-order valence-electron chi connectivity index (χ3n) is 2.31. The van der Waals surface area contributed by atoms with Crippen molar-refractivity contribution in [3.8, 4) is 0 Å². The fourth-order valence-corrected chi connectivity index (χ4v) is 1.58. The Bertz CT molecular complexity index is 463. The first-order valence-electron chi connectivity index (χ1n) is 5.50. The molecule has 0 fully saturated rings. The zero-order chi connectivity index (χ0) is 13.7. The molecular formula is C11H14ClN3O3. The molecule has 0 saturated carbocycles. The standard InChI is InChI=1S/C11H14ClN3O3/c1-7(2)3-5-14-11(16)8-4-6-13-10(12)9(8)15(17)18/h4,6-7H,3,5H2,1-2H3,(H,14,16). The lowest BCUT2D eigenvalue weighted by atomic mass is 10.1. The Morgan fingerprint density at radius 3 is 2.83 bits per heavy atom. The van der Waals surface area contributed by atoms with Crippen molar-refractivity contribution >= 4 is 23.2 Å². The topological polar surface area (TPSA) is 85.1 Å². The summed E-state index contributed by atoms with van der Waals surface area (Å²) in [5, 5.41) is 13.2. The van der Waals surface area contributed by atoms with E-state index in [1.54, 1.807) is 0 Å². The Morgan fingerprint density at radius 1 is 1.61 bits per heavy atom. The number of nitrogens with one attached hydrogen (secondary N) is 1. The summed E-state index contributed by atoms with van der Waals surface area (Å²) in [6, 6.07) is 1.29. The summed E-state index contributed by atoms with van der Waals surface area (Å²) in [6.07, 6.45) is 2.07. The number of hydrogen-bond donors (Lipinski definition) is 1. The number of amides is 1. The summed E-state index contributed by atoms with van der Waals surface area (Å²) in [7, 11) is 0. The SMILES string of the molecule is CC(C)CCNC(=O)c1ccnc(Cl)c1[N+](=O)[O-]. The maximum absolute atomic E-state index is 11.8. The van der Waals surface area contributed by atoms with Crippen LogP contribution in [0, 0.1) is 16.0 Å². The van der Waals surface area contributed by atoms with Crippen molar-refractivity contribution in [2.75, 3.05) is 6.54 Å². The van der Waals surface area contributed by atoms with Gasteiger partial charge in [-0.2, -0.15) is 0 Å². The summed E-state index contributed by atoms with van der Waals surface area (Å²) >= 11 is 5.62. The van der Waals surface area contributed by atoms with Crippen molar-refractivity contribution in [1.82, 2.24) is 10.3 Å². The van der Waals surface area contributed by atoms with E-state index < -0.39 is 16.5 Å². The highest BCUT2D eigenvalue weighted by Crippen LogP contribution is 2.25. The molecule has 1 amide bonds. The van der Waals surface area contributed by atoms with E-state index in [2.05, 4.69) is 10.3 Å². The van der Waals surface area contributed by atoms with E-state index in [1.807, 2.05) is 13.8 Å². The van der Waals surface area contributed by atoms with Crippen LogP contribution in [0.1, 0.15) is 30.6 Å². The van der Waals surface area contributed by atoms with Crippen LogP contribution in [0.15, 0.2) is 12.3 Å². The molecule has 1 aromatic rings. The molecule has 6 nitrogen and oxygen atoms in total. The lowest BCUT2D eigenvalue weighted by molar-refractivity contribution is -0.385. The highest BCUT2D eigenvalue weighted by Gasteiger charge is 2.24. The van der Waals surface area contributed by atoms with Crippen molar-refractivity contribution in [2.45, 2.75) is 20.3 Å². The van der Waals surface area contributed by atoms with Crippen molar-refractivity contribution in [3.63, 3.8) is 0 Å². The highest BCUT2D eigenvalue weighted by molar-refractivity contribution is 6.32. The molecule has 1 aromatic heterocycles. The van der Waals surface area contributed by atoms with Crippen LogP contribution in [0.4, 0.5) is 5.69 Å². The number of pyridine rings is 1. The second-order valence-electron chi connectivity index (χ2n) is 4.19. The first kappa shape index (κ1) is 14.4. The minimum atomic E-state index is -0.702. The Balaban J connectivity index is 2.86. The lowest BCUT2D eigenvalue weighted by Crippen LogP contribution is -2.26. The predicted octanol–water partition coefficient (Wildman–Crippen LogP) is 2.42. The number of carbonyl (C=O) groups is 1. The number of nitro groups is 1. The maximum Gasteiger partial charge on any atom is 0.319 e. The van der Waals surface area contributed by atoms with Gasteiger partial charge in [0.15, 0.2) is 0 Å². The fourth-order valence-electron chi connectivity index (χ4n) is 1.35. The van der Waals surface area contributed by atoms with Crippen molar-refractivity contribution in [1.29, 1.82) is 0 Å². The van der Waals surface area contributed by atoms with Crippen LogP contribution in [0.25, 0.3) is 0 Å². The summed E-state index contributed by atoms with van der Waals surface area (Å²) in [6.45, 7) is 4.52. The zero-order valence-electron chi connectivity index (χ0n) is 10.1. The molecule has 0 aliphatic rings. The molecule has 0 aliphatic heterocycles. The van der Waals surface area contributed by atoms with Gasteiger partial charge in [0.2, 0.25) is 5.15 Å². The Hall–Kier alpha value is -1.69. The average molecular weight is 272 g/mol. The fraction of sp³-hybridized carbons (Fsp3) is 0.455.